The van der Waals surface area contributed by atoms with Crippen molar-refractivity contribution in [2.75, 3.05) is 13.1 Å². The summed E-state index contributed by atoms with van der Waals surface area (Å²) in [6.07, 6.45) is 14.2. The molecule has 0 unspecified atom stereocenters. The molecule has 7 atom stereocenters. The van der Waals surface area contributed by atoms with Gasteiger partial charge in [0.15, 0.2) is 0 Å². The van der Waals surface area contributed by atoms with Crippen LogP contribution in [0.5, 0.6) is 0 Å². The van der Waals surface area contributed by atoms with Gasteiger partial charge in [-0.1, -0.05) is 50.3 Å². The Morgan fingerprint density at radius 1 is 1.16 bits per heavy atom. The minimum absolute atomic E-state index is 0.201. The Labute approximate surface area is 229 Å². The molecule has 4 fully saturated rings. The summed E-state index contributed by atoms with van der Waals surface area (Å²) in [6, 6.07) is 0. The number of fused-ring (bicyclic) bond motifs is 1. The van der Waals surface area contributed by atoms with E-state index in [1.54, 1.807) is 4.90 Å². The lowest BCUT2D eigenvalue weighted by Crippen LogP contribution is -2.39. The van der Waals surface area contributed by atoms with Crippen molar-refractivity contribution >= 4 is 6.09 Å². The molecule has 0 spiro atoms. The van der Waals surface area contributed by atoms with Crippen LogP contribution in [0.15, 0.2) is 47.6 Å². The first-order valence-corrected chi connectivity index (χ1v) is 14.8. The smallest absolute Gasteiger partial charge is 0.410 e. The summed E-state index contributed by atoms with van der Waals surface area (Å²) in [5.74, 6) is 1.36. The summed E-state index contributed by atoms with van der Waals surface area (Å²) in [4.78, 5) is 14.1. The van der Waals surface area contributed by atoms with Gasteiger partial charge in [-0.2, -0.15) is 0 Å². The van der Waals surface area contributed by atoms with Gasteiger partial charge in [0.1, 0.15) is 11.7 Å². The van der Waals surface area contributed by atoms with Crippen LogP contribution in [0, 0.1) is 23.2 Å². The fourth-order valence-corrected chi connectivity index (χ4v) is 7.50. The molecular weight excluding hydrogens is 478 g/mol. The average molecular weight is 528 g/mol. The van der Waals surface area contributed by atoms with Crippen molar-refractivity contribution in [2.45, 2.75) is 109 Å². The normalized spacial score (nSPS) is 36.3. The largest absolute Gasteiger partial charge is 0.440 e. The zero-order valence-corrected chi connectivity index (χ0v) is 23.9. The van der Waals surface area contributed by atoms with Gasteiger partial charge in [0.05, 0.1) is 12.2 Å². The second-order valence-electron chi connectivity index (χ2n) is 12.5. The molecule has 0 radical (unpaired) electrons. The first kappa shape index (κ1) is 29.1. The van der Waals surface area contributed by atoms with Gasteiger partial charge in [-0.05, 0) is 99.5 Å². The molecule has 4 rings (SSSR count). The van der Waals surface area contributed by atoms with Crippen LogP contribution in [0.3, 0.4) is 0 Å². The number of ether oxygens (including phenoxy) is 1. The highest BCUT2D eigenvalue weighted by Gasteiger charge is 2.53. The molecule has 6 heteroatoms. The van der Waals surface area contributed by atoms with Gasteiger partial charge in [-0.25, -0.2) is 4.79 Å². The maximum atomic E-state index is 12.5. The second-order valence-corrected chi connectivity index (χ2v) is 12.5. The van der Waals surface area contributed by atoms with Crippen LogP contribution in [0.2, 0.25) is 0 Å². The van der Waals surface area contributed by atoms with Gasteiger partial charge in [0.25, 0.3) is 0 Å². The van der Waals surface area contributed by atoms with Gasteiger partial charge in [-0.3, -0.25) is 0 Å². The van der Waals surface area contributed by atoms with Crippen LogP contribution in [-0.4, -0.2) is 63.3 Å². The first-order valence-electron chi connectivity index (χ1n) is 14.8. The molecule has 4 aliphatic carbocycles. The van der Waals surface area contributed by atoms with E-state index in [0.29, 0.717) is 56.5 Å². The van der Waals surface area contributed by atoms with Crippen LogP contribution < -0.4 is 0 Å². The molecule has 38 heavy (non-hydrogen) atoms. The van der Waals surface area contributed by atoms with Crippen molar-refractivity contribution in [3.63, 3.8) is 0 Å². The predicted octanol–water partition coefficient (Wildman–Crippen LogP) is 5.69. The Bertz CT molecular complexity index is 974. The van der Waals surface area contributed by atoms with Gasteiger partial charge < -0.3 is 25.0 Å². The molecule has 3 N–H and O–H groups in total. The van der Waals surface area contributed by atoms with Gasteiger partial charge in [0, 0.05) is 19.5 Å². The number of hydrogen-bond acceptors (Lipinski definition) is 5. The lowest BCUT2D eigenvalue weighted by atomic mass is 9.61. The molecule has 4 saturated carbocycles. The third-order valence-corrected chi connectivity index (χ3v) is 10.1. The number of hydrogen-bond donors (Lipinski definition) is 3. The summed E-state index contributed by atoms with van der Waals surface area (Å²) in [6.45, 7) is 13.8. The first-order chi connectivity index (χ1) is 18.0. The van der Waals surface area contributed by atoms with E-state index in [4.69, 9.17) is 4.74 Å². The summed E-state index contributed by atoms with van der Waals surface area (Å²) in [5, 5.41) is 31.3. The van der Waals surface area contributed by atoms with Gasteiger partial charge in [-0.15, -0.1) is 0 Å². The van der Waals surface area contributed by atoms with Crippen molar-refractivity contribution in [1.29, 1.82) is 0 Å². The fourth-order valence-electron chi connectivity index (χ4n) is 7.50. The Hall–Kier alpha value is -1.89. The highest BCUT2D eigenvalue weighted by molar-refractivity contribution is 5.68. The average Bonchev–Trinajstić information content (AvgIpc) is 3.57. The molecule has 0 aromatic rings. The topological polar surface area (TPSA) is 90.2 Å². The van der Waals surface area contributed by atoms with Crippen LogP contribution >= 0.6 is 0 Å². The highest BCUT2D eigenvalue weighted by Crippen LogP contribution is 2.59. The van der Waals surface area contributed by atoms with E-state index >= 15 is 0 Å². The number of nitrogens with zero attached hydrogens (tertiary/aromatic N) is 1. The van der Waals surface area contributed by atoms with Crippen LogP contribution in [0.25, 0.3) is 0 Å². The number of aliphatic hydroxyl groups is 3. The third kappa shape index (κ3) is 5.83. The lowest BCUT2D eigenvalue weighted by molar-refractivity contribution is -0.00848. The quantitative estimate of drug-likeness (QED) is 0.353. The fraction of sp³-hybridized carbons (Fsp3) is 0.719. The summed E-state index contributed by atoms with van der Waals surface area (Å²) < 4.78 is 5.77. The zero-order chi connectivity index (χ0) is 27.7. The van der Waals surface area contributed by atoms with E-state index in [2.05, 4.69) is 38.7 Å². The molecule has 1 amide bonds. The third-order valence-electron chi connectivity index (χ3n) is 10.1. The van der Waals surface area contributed by atoms with E-state index in [1.807, 2.05) is 19.9 Å². The number of aliphatic hydroxyl groups excluding tert-OH is 3. The molecule has 212 valence electrons. The van der Waals surface area contributed by atoms with Gasteiger partial charge in [0.2, 0.25) is 0 Å². The molecule has 0 aromatic heterocycles. The van der Waals surface area contributed by atoms with Crippen molar-refractivity contribution in [3.8, 4) is 0 Å². The van der Waals surface area contributed by atoms with Crippen molar-refractivity contribution in [2.24, 2.45) is 23.2 Å². The lowest BCUT2D eigenvalue weighted by Gasteiger charge is -2.44. The van der Waals surface area contributed by atoms with Crippen LogP contribution in [0.4, 0.5) is 4.79 Å². The van der Waals surface area contributed by atoms with E-state index in [0.717, 1.165) is 36.8 Å². The summed E-state index contributed by atoms with van der Waals surface area (Å²) in [5.41, 5.74) is 2.62. The molecule has 0 aromatic carbocycles. The molecular formula is C32H49NO5. The standard InChI is InChI=1S/C32H49NO5/c1-6-33(7-2)30(37)38-32(17-18-32)29(36)15-10-21(3)26-13-14-27-23(9-8-16-31(26,27)5)11-12-24-19-25(34)20-28(35)22(24)4/h10-12,15,21,25-29,34-36H,4,6-9,13-14,16-20H2,1-3,5H3/b15-10+,23-11+,24-12-/t21-,25-,26-,27+,28+,29-,31-/m1/s1. The van der Waals surface area contributed by atoms with E-state index in [1.165, 1.54) is 12.0 Å². The van der Waals surface area contributed by atoms with Crippen molar-refractivity contribution < 1.29 is 24.9 Å². The maximum absolute atomic E-state index is 12.5. The predicted molar refractivity (Wildman–Crippen MR) is 150 cm³/mol. The SMILES string of the molecule is C=C1/C(=C\C=C2/CCC[C@]3(C)[C@@H]([C@H](C)/C=C/[C@@H](O)C4(OC(=O)N(CC)CC)CC4)CC[C@@H]23)C[C@@H](O)C[C@@H]1O. The monoisotopic (exact) mass is 527 g/mol. The molecule has 4 aliphatic rings. The highest BCUT2D eigenvalue weighted by atomic mass is 16.6. The molecule has 6 nitrogen and oxygen atoms in total. The van der Waals surface area contributed by atoms with Crippen molar-refractivity contribution in [1.82, 2.24) is 4.90 Å². The van der Waals surface area contributed by atoms with Crippen LogP contribution in [0.1, 0.15) is 85.5 Å². The Morgan fingerprint density at radius 2 is 1.87 bits per heavy atom. The van der Waals surface area contributed by atoms with Crippen LogP contribution in [-0.2, 0) is 4.74 Å². The summed E-state index contributed by atoms with van der Waals surface area (Å²) in [7, 11) is 0. The van der Waals surface area contributed by atoms with Gasteiger partial charge >= 0.3 is 6.09 Å². The minimum Gasteiger partial charge on any atom is -0.440 e. The zero-order valence-electron chi connectivity index (χ0n) is 23.9. The number of amides is 1. The molecule has 0 heterocycles. The number of carbonyl (C=O) groups is 1. The van der Waals surface area contributed by atoms with E-state index in [9.17, 15) is 20.1 Å². The Balaban J connectivity index is 1.42. The Kier molecular flexibility index (Phi) is 8.95. The summed E-state index contributed by atoms with van der Waals surface area (Å²) >= 11 is 0. The van der Waals surface area contributed by atoms with E-state index < -0.39 is 23.9 Å². The van der Waals surface area contributed by atoms with E-state index in [-0.39, 0.29) is 11.5 Å². The number of carbonyl (C=O) groups excluding carboxylic acids is 1. The van der Waals surface area contributed by atoms with Crippen molar-refractivity contribution in [3.05, 3.63) is 47.6 Å². The Morgan fingerprint density at radius 3 is 2.53 bits per heavy atom. The number of rotatable bonds is 8. The number of allylic oxidation sites excluding steroid dienone is 4. The minimum atomic E-state index is -0.780. The molecule has 0 saturated heterocycles. The maximum Gasteiger partial charge on any atom is 0.410 e. The second kappa shape index (κ2) is 11.7. The molecule has 0 aliphatic heterocycles. The molecule has 0 bridgehead atoms.